The molecule has 0 atom stereocenters. The Morgan fingerprint density at radius 2 is 1.95 bits per heavy atom. The van der Waals surface area contributed by atoms with Crippen molar-refractivity contribution >= 4 is 19.4 Å². The molecule has 0 aliphatic carbocycles. The van der Waals surface area contributed by atoms with E-state index >= 15 is 0 Å². The van der Waals surface area contributed by atoms with E-state index in [2.05, 4.69) is 9.97 Å². The highest BCUT2D eigenvalue weighted by Gasteiger charge is 2.22. The van der Waals surface area contributed by atoms with Crippen molar-refractivity contribution in [3.63, 3.8) is 0 Å². The van der Waals surface area contributed by atoms with Crippen molar-refractivity contribution in [2.45, 2.75) is 13.8 Å². The lowest BCUT2D eigenvalue weighted by Crippen LogP contribution is -2.27. The minimum absolute atomic E-state index is 0.00977. The molecule has 0 aliphatic rings. The molecule has 0 amide bonds. The highest BCUT2D eigenvalue weighted by molar-refractivity contribution is 7.51. The van der Waals surface area contributed by atoms with E-state index in [-0.39, 0.29) is 30.9 Å². The zero-order chi connectivity index (χ0) is 15.4. The molecule has 1 heterocycles. The number of hydrogen-bond acceptors (Lipinski definition) is 7. The topological polar surface area (TPSA) is 154 Å². The van der Waals surface area contributed by atoms with Gasteiger partial charge >= 0.3 is 7.60 Å². The lowest BCUT2D eigenvalue weighted by atomic mass is 9.96. The van der Waals surface area contributed by atoms with Gasteiger partial charge in [0.1, 0.15) is 12.2 Å². The Morgan fingerprint density at radius 3 is 2.50 bits per heavy atom. The van der Waals surface area contributed by atoms with E-state index in [0.717, 1.165) is 0 Å². The molecule has 6 N–H and O–H groups in total. The van der Waals surface area contributed by atoms with Gasteiger partial charge in [0, 0.05) is 11.5 Å². The predicted octanol–water partition coefficient (Wildman–Crippen LogP) is 0.198. The van der Waals surface area contributed by atoms with Crippen molar-refractivity contribution in [3.05, 3.63) is 6.07 Å². The van der Waals surface area contributed by atoms with E-state index in [0.29, 0.717) is 0 Å². The van der Waals surface area contributed by atoms with Gasteiger partial charge in [-0.1, -0.05) is 13.8 Å². The third-order valence-electron chi connectivity index (χ3n) is 2.10. The van der Waals surface area contributed by atoms with Crippen LogP contribution in [0.2, 0.25) is 0 Å². The number of nitrogens with zero attached hydrogens (tertiary/aromatic N) is 2. The Hall–Kier alpha value is -1.41. The first kappa shape index (κ1) is 16.6. The monoisotopic (exact) mass is 306 g/mol. The van der Waals surface area contributed by atoms with Crippen LogP contribution in [0.3, 0.4) is 0 Å². The molecule has 1 rings (SSSR count). The molecule has 9 nitrogen and oxygen atoms in total. The zero-order valence-corrected chi connectivity index (χ0v) is 12.2. The normalized spacial score (nSPS) is 12.4. The summed E-state index contributed by atoms with van der Waals surface area (Å²) in [6, 6.07) is 1.43. The number of nitrogens with two attached hydrogens (primary N) is 2. The minimum atomic E-state index is -4.16. The fourth-order valence-electron chi connectivity index (χ4n) is 1.29. The molecule has 0 saturated carbocycles. The van der Waals surface area contributed by atoms with Crippen molar-refractivity contribution in [2.24, 2.45) is 5.41 Å². The summed E-state index contributed by atoms with van der Waals surface area (Å²) in [7, 11) is -4.16. The SMILES string of the molecule is CC(C)(COCP(=O)(O)O)COc1cc(N)nc(N)n1. The number of ether oxygens (including phenoxy) is 2. The lowest BCUT2D eigenvalue weighted by Gasteiger charge is -2.24. The molecule has 0 aromatic carbocycles. The first-order valence-electron chi connectivity index (χ1n) is 5.73. The summed E-state index contributed by atoms with van der Waals surface area (Å²) in [4.78, 5) is 25.0. The lowest BCUT2D eigenvalue weighted by molar-refractivity contribution is 0.0478. The summed E-state index contributed by atoms with van der Waals surface area (Å²) in [5, 5.41) is 0. The van der Waals surface area contributed by atoms with Crippen LogP contribution in [0.1, 0.15) is 13.8 Å². The first-order valence-corrected chi connectivity index (χ1v) is 7.52. The molecular formula is C10H19N4O5P. The Morgan fingerprint density at radius 1 is 1.30 bits per heavy atom. The fraction of sp³-hybridized carbons (Fsp3) is 0.600. The summed E-state index contributed by atoms with van der Waals surface area (Å²) in [5.74, 6) is 0.441. The van der Waals surface area contributed by atoms with Crippen LogP contribution in [-0.2, 0) is 9.30 Å². The summed E-state index contributed by atoms with van der Waals surface area (Å²) in [5.41, 5.74) is 10.5. The highest BCUT2D eigenvalue weighted by Crippen LogP contribution is 2.34. The Balaban J connectivity index is 2.48. The highest BCUT2D eigenvalue weighted by atomic mass is 31.2. The van der Waals surface area contributed by atoms with Gasteiger partial charge in [0.2, 0.25) is 11.8 Å². The van der Waals surface area contributed by atoms with E-state index in [1.54, 1.807) is 0 Å². The van der Waals surface area contributed by atoms with Crippen LogP contribution >= 0.6 is 7.60 Å². The van der Waals surface area contributed by atoms with Crippen LogP contribution in [0.4, 0.5) is 11.8 Å². The maximum atomic E-state index is 10.7. The van der Waals surface area contributed by atoms with Gasteiger partial charge in [-0.15, -0.1) is 0 Å². The van der Waals surface area contributed by atoms with Gasteiger partial charge < -0.3 is 30.7 Å². The average molecular weight is 306 g/mol. The van der Waals surface area contributed by atoms with E-state index in [4.69, 9.17) is 30.7 Å². The van der Waals surface area contributed by atoms with Gasteiger partial charge in [0.15, 0.2) is 0 Å². The molecule has 0 radical (unpaired) electrons. The first-order chi connectivity index (χ1) is 9.07. The van der Waals surface area contributed by atoms with Gasteiger partial charge in [-0.2, -0.15) is 9.97 Å². The van der Waals surface area contributed by atoms with Gasteiger partial charge in [-0.25, -0.2) is 0 Å². The van der Waals surface area contributed by atoms with Crippen LogP contribution in [-0.4, -0.2) is 39.3 Å². The minimum Gasteiger partial charge on any atom is -0.477 e. The Bertz CT molecular complexity index is 484. The second-order valence-electron chi connectivity index (χ2n) is 5.08. The number of anilines is 2. The van der Waals surface area contributed by atoms with Gasteiger partial charge in [0.05, 0.1) is 13.2 Å². The number of hydrogen-bond donors (Lipinski definition) is 4. The third-order valence-corrected chi connectivity index (χ3v) is 2.62. The Labute approximate surface area is 116 Å². The zero-order valence-electron chi connectivity index (χ0n) is 11.3. The third kappa shape index (κ3) is 6.67. The summed E-state index contributed by atoms with van der Waals surface area (Å²) in [6.07, 6.45) is -0.621. The molecular weight excluding hydrogens is 287 g/mol. The van der Waals surface area contributed by atoms with Crippen LogP contribution in [0.5, 0.6) is 5.88 Å². The van der Waals surface area contributed by atoms with Crippen molar-refractivity contribution in [3.8, 4) is 5.88 Å². The second-order valence-corrected chi connectivity index (χ2v) is 6.67. The molecule has 10 heteroatoms. The summed E-state index contributed by atoms with van der Waals surface area (Å²) in [6.45, 7) is 3.97. The molecule has 20 heavy (non-hydrogen) atoms. The average Bonchev–Trinajstić information content (AvgIpc) is 2.23. The molecule has 0 unspecified atom stereocenters. The fourth-order valence-corrected chi connectivity index (χ4v) is 1.62. The van der Waals surface area contributed by atoms with E-state index in [9.17, 15) is 4.57 Å². The maximum absolute atomic E-state index is 10.7. The molecule has 0 aliphatic heterocycles. The number of rotatable bonds is 7. The number of aromatic nitrogens is 2. The van der Waals surface area contributed by atoms with Crippen molar-refractivity contribution in [1.82, 2.24) is 9.97 Å². The van der Waals surface area contributed by atoms with Crippen molar-refractivity contribution in [2.75, 3.05) is 31.0 Å². The van der Waals surface area contributed by atoms with Crippen molar-refractivity contribution < 1.29 is 23.8 Å². The standard InChI is InChI=1S/C10H19N4O5P/c1-10(2,4-18-6-20(15,16)17)5-19-8-3-7(11)13-9(12)14-8/h3H,4-6H2,1-2H3,(H2,15,16,17)(H4,11,12,13,14). The van der Waals surface area contributed by atoms with Crippen LogP contribution in [0.15, 0.2) is 6.07 Å². The molecule has 0 saturated heterocycles. The van der Waals surface area contributed by atoms with Crippen LogP contribution in [0.25, 0.3) is 0 Å². The predicted molar refractivity (Wildman–Crippen MR) is 73.0 cm³/mol. The smallest absolute Gasteiger partial charge is 0.350 e. The van der Waals surface area contributed by atoms with Gasteiger partial charge in [-0.05, 0) is 0 Å². The maximum Gasteiger partial charge on any atom is 0.350 e. The van der Waals surface area contributed by atoms with E-state index in [1.165, 1.54) is 6.07 Å². The molecule has 114 valence electrons. The molecule has 0 fully saturated rings. The van der Waals surface area contributed by atoms with Crippen LogP contribution in [0, 0.1) is 5.41 Å². The van der Waals surface area contributed by atoms with E-state index in [1.807, 2.05) is 13.8 Å². The Kier molecular flexibility index (Phi) is 5.29. The van der Waals surface area contributed by atoms with Crippen molar-refractivity contribution in [1.29, 1.82) is 0 Å². The molecule has 0 spiro atoms. The molecule has 0 bridgehead atoms. The second kappa shape index (κ2) is 6.36. The largest absolute Gasteiger partial charge is 0.477 e. The van der Waals surface area contributed by atoms with Crippen LogP contribution < -0.4 is 16.2 Å². The number of nitrogen functional groups attached to an aromatic ring is 2. The summed E-state index contributed by atoms with van der Waals surface area (Å²) < 4.78 is 21.1. The van der Waals surface area contributed by atoms with Gasteiger partial charge in [-0.3, -0.25) is 4.57 Å². The quantitative estimate of drug-likeness (QED) is 0.517. The van der Waals surface area contributed by atoms with E-state index < -0.39 is 19.4 Å². The molecule has 1 aromatic heterocycles. The van der Waals surface area contributed by atoms with Gasteiger partial charge in [0.25, 0.3) is 0 Å². The molecule has 1 aromatic rings. The summed E-state index contributed by atoms with van der Waals surface area (Å²) >= 11 is 0.